The Morgan fingerprint density at radius 1 is 1.20 bits per heavy atom. The molecule has 4 rings (SSSR count). The Labute approximate surface area is 174 Å². The van der Waals surface area contributed by atoms with Crippen molar-refractivity contribution in [2.45, 2.75) is 19.4 Å². The van der Waals surface area contributed by atoms with Gasteiger partial charge in [0.2, 0.25) is 11.9 Å². The molecular formula is C22H23N5O3. The van der Waals surface area contributed by atoms with Gasteiger partial charge in [0.25, 0.3) is 0 Å². The summed E-state index contributed by atoms with van der Waals surface area (Å²) in [5, 5.41) is 7.34. The molecule has 1 aliphatic rings. The number of hydrogen-bond donors (Lipinski definition) is 2. The third-order valence-corrected chi connectivity index (χ3v) is 5.05. The number of benzene rings is 2. The van der Waals surface area contributed by atoms with Crippen molar-refractivity contribution in [2.24, 2.45) is 5.73 Å². The SMILES string of the molecule is COc1cc(C2C(C(N)=O)=C(C)Nc3ncnn32)ccc1OCCc1ccccc1. The zero-order valence-electron chi connectivity index (χ0n) is 16.8. The molecule has 2 heterocycles. The molecule has 0 radical (unpaired) electrons. The number of allylic oxidation sites excluding steroid dienone is 1. The molecule has 1 unspecified atom stereocenters. The van der Waals surface area contributed by atoms with E-state index in [0.29, 0.717) is 35.3 Å². The van der Waals surface area contributed by atoms with Crippen LogP contribution >= 0.6 is 0 Å². The van der Waals surface area contributed by atoms with E-state index >= 15 is 0 Å². The Hall–Kier alpha value is -3.81. The van der Waals surface area contributed by atoms with Crippen molar-refractivity contribution < 1.29 is 14.3 Å². The van der Waals surface area contributed by atoms with Gasteiger partial charge in [-0.05, 0) is 30.2 Å². The fraction of sp³-hybridized carbons (Fsp3) is 0.227. The predicted octanol–water partition coefficient (Wildman–Crippen LogP) is 2.68. The summed E-state index contributed by atoms with van der Waals surface area (Å²) in [4.78, 5) is 16.4. The van der Waals surface area contributed by atoms with E-state index in [0.717, 1.165) is 12.0 Å². The molecule has 0 saturated carbocycles. The first kappa shape index (κ1) is 19.5. The summed E-state index contributed by atoms with van der Waals surface area (Å²) in [5.41, 5.74) is 8.75. The van der Waals surface area contributed by atoms with E-state index in [1.54, 1.807) is 18.7 Å². The Morgan fingerprint density at radius 2 is 2.00 bits per heavy atom. The highest BCUT2D eigenvalue weighted by molar-refractivity contribution is 5.95. The van der Waals surface area contributed by atoms with Crippen LogP contribution in [-0.4, -0.2) is 34.4 Å². The van der Waals surface area contributed by atoms with Crippen molar-refractivity contribution in [2.75, 3.05) is 19.0 Å². The molecular weight excluding hydrogens is 382 g/mol. The number of nitrogens with one attached hydrogen (secondary N) is 1. The zero-order chi connectivity index (χ0) is 21.1. The van der Waals surface area contributed by atoms with Gasteiger partial charge in [-0.1, -0.05) is 36.4 Å². The molecule has 8 heteroatoms. The lowest BCUT2D eigenvalue weighted by molar-refractivity contribution is -0.115. The second-order valence-electron chi connectivity index (χ2n) is 6.95. The smallest absolute Gasteiger partial charge is 0.248 e. The number of carbonyl (C=O) groups excluding carboxylic acids is 1. The lowest BCUT2D eigenvalue weighted by atomic mass is 9.95. The highest BCUT2D eigenvalue weighted by Crippen LogP contribution is 2.38. The van der Waals surface area contributed by atoms with Crippen LogP contribution in [0.3, 0.4) is 0 Å². The van der Waals surface area contributed by atoms with Crippen molar-refractivity contribution in [1.29, 1.82) is 0 Å². The van der Waals surface area contributed by atoms with Gasteiger partial charge in [0.15, 0.2) is 11.5 Å². The number of hydrogen-bond acceptors (Lipinski definition) is 6. The van der Waals surface area contributed by atoms with Gasteiger partial charge in [-0.2, -0.15) is 10.1 Å². The number of aromatic nitrogens is 3. The van der Waals surface area contributed by atoms with Crippen LogP contribution < -0.4 is 20.5 Å². The molecule has 30 heavy (non-hydrogen) atoms. The van der Waals surface area contributed by atoms with Crippen molar-refractivity contribution in [3.63, 3.8) is 0 Å². The lowest BCUT2D eigenvalue weighted by Crippen LogP contribution is -2.31. The summed E-state index contributed by atoms with van der Waals surface area (Å²) in [6, 6.07) is 15.2. The molecule has 0 saturated heterocycles. The summed E-state index contributed by atoms with van der Waals surface area (Å²) < 4.78 is 13.1. The van der Waals surface area contributed by atoms with Crippen LogP contribution in [0.25, 0.3) is 0 Å². The summed E-state index contributed by atoms with van der Waals surface area (Å²) in [7, 11) is 1.59. The third-order valence-electron chi connectivity index (χ3n) is 5.05. The molecule has 154 valence electrons. The molecule has 2 aromatic carbocycles. The van der Waals surface area contributed by atoms with Gasteiger partial charge in [-0.15, -0.1) is 0 Å². The fourth-order valence-corrected chi connectivity index (χ4v) is 3.62. The molecule has 0 fully saturated rings. The highest BCUT2D eigenvalue weighted by Gasteiger charge is 2.32. The molecule has 1 aliphatic heterocycles. The fourth-order valence-electron chi connectivity index (χ4n) is 3.62. The largest absolute Gasteiger partial charge is 0.493 e. The number of nitrogens with zero attached hydrogens (tertiary/aromatic N) is 3. The monoisotopic (exact) mass is 405 g/mol. The Morgan fingerprint density at radius 3 is 2.73 bits per heavy atom. The summed E-state index contributed by atoms with van der Waals surface area (Å²) in [6.07, 6.45) is 2.22. The molecule has 8 nitrogen and oxygen atoms in total. The molecule has 3 aromatic rings. The zero-order valence-corrected chi connectivity index (χ0v) is 16.8. The topological polar surface area (TPSA) is 104 Å². The van der Waals surface area contributed by atoms with Crippen LogP contribution in [0, 0.1) is 0 Å². The predicted molar refractivity (Wildman–Crippen MR) is 112 cm³/mol. The number of carbonyl (C=O) groups is 1. The van der Waals surface area contributed by atoms with E-state index in [4.69, 9.17) is 15.2 Å². The van der Waals surface area contributed by atoms with Crippen LogP contribution in [0.2, 0.25) is 0 Å². The number of nitrogens with two attached hydrogens (primary N) is 1. The second-order valence-corrected chi connectivity index (χ2v) is 6.95. The standard InChI is InChI=1S/C22H23N5O3/c1-14-19(21(23)28)20(27-22(26-14)24-13-25-27)16-8-9-17(18(12-16)29-2)30-11-10-15-6-4-3-5-7-15/h3-9,12-13,20H,10-11H2,1-2H3,(H2,23,28)(H,24,25,26). The summed E-state index contributed by atoms with van der Waals surface area (Å²) in [5.74, 6) is 1.23. The minimum Gasteiger partial charge on any atom is -0.493 e. The first-order valence-corrected chi connectivity index (χ1v) is 9.60. The number of methoxy groups -OCH3 is 1. The van der Waals surface area contributed by atoms with Gasteiger partial charge >= 0.3 is 0 Å². The molecule has 1 amide bonds. The number of primary amides is 1. The van der Waals surface area contributed by atoms with Crippen molar-refractivity contribution in [1.82, 2.24) is 14.8 Å². The molecule has 1 atom stereocenters. The first-order chi connectivity index (χ1) is 14.6. The number of anilines is 1. The maximum absolute atomic E-state index is 12.2. The van der Waals surface area contributed by atoms with Crippen LogP contribution in [0.1, 0.15) is 24.1 Å². The maximum Gasteiger partial charge on any atom is 0.248 e. The van der Waals surface area contributed by atoms with E-state index in [9.17, 15) is 4.79 Å². The highest BCUT2D eigenvalue weighted by atomic mass is 16.5. The molecule has 0 aliphatic carbocycles. The molecule has 0 bridgehead atoms. The van der Waals surface area contributed by atoms with Crippen LogP contribution in [0.5, 0.6) is 11.5 Å². The third kappa shape index (κ3) is 3.71. The summed E-state index contributed by atoms with van der Waals surface area (Å²) in [6.45, 7) is 2.31. The average Bonchev–Trinajstić information content (AvgIpc) is 3.21. The Balaban J connectivity index is 1.61. The van der Waals surface area contributed by atoms with E-state index in [-0.39, 0.29) is 0 Å². The first-order valence-electron chi connectivity index (χ1n) is 9.60. The van der Waals surface area contributed by atoms with E-state index in [2.05, 4.69) is 27.5 Å². The number of amides is 1. The minimum atomic E-state index is -0.520. The quantitative estimate of drug-likeness (QED) is 0.626. The molecule has 0 spiro atoms. The van der Waals surface area contributed by atoms with E-state index in [1.807, 2.05) is 36.4 Å². The van der Waals surface area contributed by atoms with Crippen LogP contribution in [-0.2, 0) is 11.2 Å². The number of fused-ring (bicyclic) bond motifs is 1. The van der Waals surface area contributed by atoms with Gasteiger partial charge in [-0.3, -0.25) is 4.79 Å². The van der Waals surface area contributed by atoms with Gasteiger partial charge in [0, 0.05) is 12.1 Å². The minimum absolute atomic E-state index is 0.424. The molecule has 3 N–H and O–H groups in total. The number of rotatable bonds is 7. The normalized spacial score (nSPS) is 15.3. The average molecular weight is 405 g/mol. The van der Waals surface area contributed by atoms with E-state index in [1.165, 1.54) is 11.9 Å². The van der Waals surface area contributed by atoms with Crippen LogP contribution in [0.4, 0.5) is 5.95 Å². The van der Waals surface area contributed by atoms with Crippen LogP contribution in [0.15, 0.2) is 66.1 Å². The Kier molecular flexibility index (Phi) is 5.38. The second kappa shape index (κ2) is 8.28. The van der Waals surface area contributed by atoms with Gasteiger partial charge in [0.1, 0.15) is 12.4 Å². The van der Waals surface area contributed by atoms with Crippen molar-refractivity contribution in [3.8, 4) is 11.5 Å². The number of ether oxygens (including phenoxy) is 2. The Bertz CT molecular complexity index is 1090. The maximum atomic E-state index is 12.2. The van der Waals surface area contributed by atoms with Gasteiger partial charge in [0.05, 0.1) is 19.3 Å². The van der Waals surface area contributed by atoms with Gasteiger partial charge in [-0.25, -0.2) is 4.68 Å². The van der Waals surface area contributed by atoms with Gasteiger partial charge < -0.3 is 20.5 Å². The summed E-state index contributed by atoms with van der Waals surface area (Å²) >= 11 is 0. The van der Waals surface area contributed by atoms with E-state index < -0.39 is 11.9 Å². The van der Waals surface area contributed by atoms with Crippen molar-refractivity contribution in [3.05, 3.63) is 77.3 Å². The van der Waals surface area contributed by atoms with Crippen molar-refractivity contribution >= 4 is 11.9 Å². The lowest BCUT2D eigenvalue weighted by Gasteiger charge is -2.28. The molecule has 1 aromatic heterocycles.